The van der Waals surface area contributed by atoms with E-state index in [1.54, 1.807) is 13.0 Å². The van der Waals surface area contributed by atoms with E-state index < -0.39 is 11.5 Å². The first-order valence-corrected chi connectivity index (χ1v) is 5.83. The van der Waals surface area contributed by atoms with Gasteiger partial charge in [0.2, 0.25) is 0 Å². The van der Waals surface area contributed by atoms with Gasteiger partial charge in [-0.15, -0.1) is 0 Å². The highest BCUT2D eigenvalue weighted by molar-refractivity contribution is 5.90. The topological polar surface area (TPSA) is 72.2 Å². The number of benzene rings is 1. The molecule has 0 atom stereocenters. The molecule has 1 aromatic heterocycles. The van der Waals surface area contributed by atoms with Crippen LogP contribution in [0.15, 0.2) is 29.1 Å². The van der Waals surface area contributed by atoms with Crippen LogP contribution >= 0.6 is 0 Å². The Kier molecular flexibility index (Phi) is 3.21. The molecule has 1 aromatic carbocycles. The predicted molar refractivity (Wildman–Crippen MR) is 71.0 cm³/mol. The van der Waals surface area contributed by atoms with Crippen molar-refractivity contribution in [2.45, 2.75) is 20.8 Å². The van der Waals surface area contributed by atoms with Crippen LogP contribution in [-0.4, -0.2) is 20.9 Å². The molecule has 0 aliphatic rings. The van der Waals surface area contributed by atoms with Crippen LogP contribution in [0.3, 0.4) is 0 Å². The Balaban J connectivity index is 2.79. The normalized spacial score (nSPS) is 10.5. The molecule has 0 saturated heterocycles. The van der Waals surface area contributed by atoms with Crippen LogP contribution in [0.4, 0.5) is 0 Å². The maximum Gasteiger partial charge on any atom is 0.338 e. The third-order valence-electron chi connectivity index (χ3n) is 3.06. The second kappa shape index (κ2) is 4.68. The molecule has 0 radical (unpaired) electrons. The van der Waals surface area contributed by atoms with Gasteiger partial charge in [0.25, 0.3) is 5.56 Å². The van der Waals surface area contributed by atoms with Gasteiger partial charge in [0, 0.05) is 5.56 Å². The smallest absolute Gasteiger partial charge is 0.338 e. The van der Waals surface area contributed by atoms with Crippen molar-refractivity contribution in [3.05, 3.63) is 57.0 Å². The zero-order chi connectivity index (χ0) is 14.2. The number of aromatic nitrogens is 2. The molecule has 0 spiro atoms. The van der Waals surface area contributed by atoms with E-state index in [2.05, 4.69) is 5.10 Å². The van der Waals surface area contributed by atoms with E-state index in [1.807, 2.05) is 25.1 Å². The second-order valence-corrected chi connectivity index (χ2v) is 4.39. The quantitative estimate of drug-likeness (QED) is 0.892. The lowest BCUT2D eigenvalue weighted by Gasteiger charge is -2.11. The number of hydrogen-bond acceptors (Lipinski definition) is 3. The molecular formula is C14H14N2O3. The molecule has 0 amide bonds. The van der Waals surface area contributed by atoms with Gasteiger partial charge in [0.05, 0.1) is 16.9 Å². The molecule has 2 aromatic rings. The van der Waals surface area contributed by atoms with Gasteiger partial charge in [-0.25, -0.2) is 4.79 Å². The molecular weight excluding hydrogens is 244 g/mol. The first-order valence-electron chi connectivity index (χ1n) is 5.83. The Morgan fingerprint density at radius 1 is 1.21 bits per heavy atom. The summed E-state index contributed by atoms with van der Waals surface area (Å²) in [6.45, 7) is 4.97. The molecule has 1 N–H and O–H groups in total. The number of rotatable bonds is 2. The number of aryl methyl sites for hydroxylation is 2. The van der Waals surface area contributed by atoms with Crippen molar-refractivity contribution in [1.29, 1.82) is 0 Å². The molecule has 0 aliphatic heterocycles. The first kappa shape index (κ1) is 13.0. The van der Waals surface area contributed by atoms with E-state index in [9.17, 15) is 9.59 Å². The lowest BCUT2D eigenvalue weighted by Crippen LogP contribution is -2.28. The summed E-state index contributed by atoms with van der Waals surface area (Å²) in [5.74, 6) is -1.13. The van der Waals surface area contributed by atoms with E-state index in [0.29, 0.717) is 11.4 Å². The number of carboxylic acid groups (broad SMARTS) is 1. The van der Waals surface area contributed by atoms with E-state index in [-0.39, 0.29) is 11.1 Å². The molecule has 19 heavy (non-hydrogen) atoms. The molecule has 5 nitrogen and oxygen atoms in total. The Bertz CT molecular complexity index is 717. The average molecular weight is 258 g/mol. The number of aromatic carboxylic acids is 1. The minimum atomic E-state index is -1.13. The highest BCUT2D eigenvalue weighted by Gasteiger charge is 2.18. The highest BCUT2D eigenvalue weighted by atomic mass is 16.4. The van der Waals surface area contributed by atoms with Crippen molar-refractivity contribution < 1.29 is 9.90 Å². The van der Waals surface area contributed by atoms with Crippen LogP contribution in [0.25, 0.3) is 5.69 Å². The SMILES string of the molecule is Cc1ccccc1-n1nc(C)c(C(=O)O)c(C)c1=O. The fraction of sp³-hybridized carbons (Fsp3) is 0.214. The van der Waals surface area contributed by atoms with Crippen molar-refractivity contribution in [2.24, 2.45) is 0 Å². The van der Waals surface area contributed by atoms with Crippen molar-refractivity contribution in [2.75, 3.05) is 0 Å². The first-order chi connectivity index (χ1) is 8.93. The van der Waals surface area contributed by atoms with Gasteiger partial charge in [-0.3, -0.25) is 4.79 Å². The summed E-state index contributed by atoms with van der Waals surface area (Å²) in [6, 6.07) is 7.34. The van der Waals surface area contributed by atoms with Crippen LogP contribution in [0, 0.1) is 20.8 Å². The van der Waals surface area contributed by atoms with Gasteiger partial charge in [-0.05, 0) is 32.4 Å². The summed E-state index contributed by atoms with van der Waals surface area (Å²) in [5, 5.41) is 13.2. The molecule has 5 heteroatoms. The summed E-state index contributed by atoms with van der Waals surface area (Å²) in [6.07, 6.45) is 0. The molecule has 98 valence electrons. The fourth-order valence-corrected chi connectivity index (χ4v) is 2.06. The van der Waals surface area contributed by atoms with Gasteiger partial charge >= 0.3 is 5.97 Å². The molecule has 0 saturated carbocycles. The minimum Gasteiger partial charge on any atom is -0.478 e. The van der Waals surface area contributed by atoms with E-state index in [4.69, 9.17) is 5.11 Å². The lowest BCUT2D eigenvalue weighted by atomic mass is 10.1. The van der Waals surface area contributed by atoms with Crippen molar-refractivity contribution in [3.8, 4) is 5.69 Å². The minimum absolute atomic E-state index is 0.0187. The van der Waals surface area contributed by atoms with Gasteiger partial charge in [0.15, 0.2) is 0 Å². The zero-order valence-corrected chi connectivity index (χ0v) is 11.0. The number of carbonyl (C=O) groups is 1. The molecule has 0 bridgehead atoms. The molecule has 1 heterocycles. The summed E-state index contributed by atoms with van der Waals surface area (Å²) < 4.78 is 1.26. The number of carboxylic acids is 1. The summed E-state index contributed by atoms with van der Waals surface area (Å²) >= 11 is 0. The highest BCUT2D eigenvalue weighted by Crippen LogP contribution is 2.13. The van der Waals surface area contributed by atoms with Crippen molar-refractivity contribution in [1.82, 2.24) is 9.78 Å². The Hall–Kier alpha value is -2.43. The van der Waals surface area contributed by atoms with Crippen LogP contribution in [0.1, 0.15) is 27.2 Å². The van der Waals surface area contributed by atoms with E-state index in [1.165, 1.54) is 11.6 Å². The van der Waals surface area contributed by atoms with Crippen LogP contribution in [0.2, 0.25) is 0 Å². The molecule has 0 unspecified atom stereocenters. The van der Waals surface area contributed by atoms with Crippen molar-refractivity contribution >= 4 is 5.97 Å². The van der Waals surface area contributed by atoms with Crippen LogP contribution in [-0.2, 0) is 0 Å². The van der Waals surface area contributed by atoms with Gasteiger partial charge in [-0.1, -0.05) is 18.2 Å². The van der Waals surface area contributed by atoms with Crippen molar-refractivity contribution in [3.63, 3.8) is 0 Å². The largest absolute Gasteiger partial charge is 0.478 e. The molecule has 2 rings (SSSR count). The number of hydrogen-bond donors (Lipinski definition) is 1. The number of nitrogens with zero attached hydrogens (tertiary/aromatic N) is 2. The standard InChI is InChI=1S/C14H14N2O3/c1-8-6-4-5-7-11(8)16-13(17)9(2)12(14(18)19)10(3)15-16/h4-7H,1-3H3,(H,18,19). The lowest BCUT2D eigenvalue weighted by molar-refractivity contribution is 0.0694. The zero-order valence-electron chi connectivity index (χ0n) is 11.0. The fourth-order valence-electron chi connectivity index (χ4n) is 2.06. The monoisotopic (exact) mass is 258 g/mol. The number of para-hydroxylation sites is 1. The third-order valence-corrected chi connectivity index (χ3v) is 3.06. The van der Waals surface area contributed by atoms with Gasteiger partial charge < -0.3 is 5.11 Å². The van der Waals surface area contributed by atoms with E-state index in [0.717, 1.165) is 5.56 Å². The summed E-state index contributed by atoms with van der Waals surface area (Å²) in [5.41, 5.74) is 1.66. The van der Waals surface area contributed by atoms with Gasteiger partial charge in [-0.2, -0.15) is 9.78 Å². The van der Waals surface area contributed by atoms with Crippen LogP contribution in [0.5, 0.6) is 0 Å². The van der Waals surface area contributed by atoms with Gasteiger partial charge in [0.1, 0.15) is 0 Å². The second-order valence-electron chi connectivity index (χ2n) is 4.39. The Morgan fingerprint density at radius 3 is 2.42 bits per heavy atom. The summed E-state index contributed by atoms with van der Waals surface area (Å²) in [7, 11) is 0. The maximum atomic E-state index is 12.2. The Labute approximate surface area is 110 Å². The maximum absolute atomic E-state index is 12.2. The van der Waals surface area contributed by atoms with E-state index >= 15 is 0 Å². The summed E-state index contributed by atoms with van der Waals surface area (Å²) in [4.78, 5) is 23.4. The third kappa shape index (κ3) is 2.14. The predicted octanol–water partition coefficient (Wildman–Crippen LogP) is 1.86. The average Bonchev–Trinajstić information content (AvgIpc) is 2.34. The molecule has 0 aliphatic carbocycles. The Morgan fingerprint density at radius 2 is 1.84 bits per heavy atom. The molecule has 0 fully saturated rings. The van der Waals surface area contributed by atoms with Crippen LogP contribution < -0.4 is 5.56 Å².